The zero-order valence-electron chi connectivity index (χ0n) is 12.7. The predicted octanol–water partition coefficient (Wildman–Crippen LogP) is 2.14. The van der Waals surface area contributed by atoms with E-state index in [2.05, 4.69) is 10.3 Å². The van der Waals surface area contributed by atoms with Crippen LogP contribution >= 0.6 is 11.6 Å². The molecule has 124 valence electrons. The minimum atomic E-state index is -1.23. The van der Waals surface area contributed by atoms with E-state index in [0.717, 1.165) is 4.90 Å². The molecule has 2 N–H and O–H groups in total. The van der Waals surface area contributed by atoms with E-state index < -0.39 is 17.8 Å². The average molecular weight is 348 g/mol. The Morgan fingerprint density at radius 2 is 1.79 bits per heavy atom. The predicted molar refractivity (Wildman–Crippen MR) is 88.2 cm³/mol. The van der Waals surface area contributed by atoms with Crippen molar-refractivity contribution in [1.29, 1.82) is 0 Å². The molecule has 0 aliphatic rings. The summed E-state index contributed by atoms with van der Waals surface area (Å²) in [6.45, 7) is -0.233. The first-order valence-corrected chi connectivity index (χ1v) is 7.26. The van der Waals surface area contributed by atoms with Crippen LogP contribution in [-0.2, 0) is 4.79 Å². The Kier molecular flexibility index (Phi) is 5.49. The molecule has 2 aromatic rings. The second-order valence-electron chi connectivity index (χ2n) is 4.90. The van der Waals surface area contributed by atoms with Gasteiger partial charge in [-0.2, -0.15) is 0 Å². The number of carboxylic acid groups (broad SMARTS) is 1. The molecule has 0 radical (unpaired) electrons. The third-order valence-corrected chi connectivity index (χ3v) is 3.39. The maximum Gasteiger partial charge on any atom is 0.354 e. The topological polar surface area (TPSA) is 99.6 Å². The first-order valence-electron chi connectivity index (χ1n) is 6.88. The number of rotatable bonds is 5. The molecule has 0 aliphatic heterocycles. The molecular formula is C16H14ClN3O4. The lowest BCUT2D eigenvalue weighted by atomic mass is 10.2. The van der Waals surface area contributed by atoms with Crippen LogP contribution in [0.3, 0.4) is 0 Å². The van der Waals surface area contributed by atoms with Gasteiger partial charge >= 0.3 is 5.97 Å². The molecule has 2 amide bonds. The van der Waals surface area contributed by atoms with Crippen LogP contribution in [0.2, 0.25) is 5.02 Å². The maximum absolute atomic E-state index is 12.2. The molecule has 0 unspecified atom stereocenters. The summed E-state index contributed by atoms with van der Waals surface area (Å²) in [6, 6.07) is 10.8. The van der Waals surface area contributed by atoms with Crippen molar-refractivity contribution in [2.75, 3.05) is 18.9 Å². The summed E-state index contributed by atoms with van der Waals surface area (Å²) in [5.41, 5.74) is 0.147. The number of amides is 2. The largest absolute Gasteiger partial charge is 0.477 e. The van der Waals surface area contributed by atoms with Gasteiger partial charge in [0.05, 0.1) is 17.3 Å². The Morgan fingerprint density at radius 1 is 1.12 bits per heavy atom. The zero-order valence-corrected chi connectivity index (χ0v) is 13.4. The van der Waals surface area contributed by atoms with E-state index in [0.29, 0.717) is 10.7 Å². The number of aromatic nitrogens is 1. The van der Waals surface area contributed by atoms with Crippen molar-refractivity contribution in [2.24, 2.45) is 0 Å². The molecule has 0 saturated carbocycles. The minimum Gasteiger partial charge on any atom is -0.477 e. The van der Waals surface area contributed by atoms with Crippen LogP contribution in [0.1, 0.15) is 21.0 Å². The first-order chi connectivity index (χ1) is 11.4. The molecule has 1 aromatic heterocycles. The van der Waals surface area contributed by atoms with E-state index in [1.807, 2.05) is 0 Å². The highest BCUT2D eigenvalue weighted by atomic mass is 35.5. The van der Waals surface area contributed by atoms with E-state index in [9.17, 15) is 14.4 Å². The van der Waals surface area contributed by atoms with Gasteiger partial charge in [0, 0.05) is 7.05 Å². The SMILES string of the molecule is CN(CC(=O)Nc1ccccc1Cl)C(=O)c1cccc(C(=O)O)n1. The van der Waals surface area contributed by atoms with Crippen LogP contribution in [0.4, 0.5) is 5.69 Å². The number of aromatic carboxylic acids is 1. The van der Waals surface area contributed by atoms with Crippen molar-refractivity contribution < 1.29 is 19.5 Å². The highest BCUT2D eigenvalue weighted by Crippen LogP contribution is 2.20. The van der Waals surface area contributed by atoms with Gasteiger partial charge in [-0.1, -0.05) is 29.8 Å². The fourth-order valence-corrected chi connectivity index (χ4v) is 2.09. The summed E-state index contributed by atoms with van der Waals surface area (Å²) < 4.78 is 0. The molecule has 1 aromatic carbocycles. The van der Waals surface area contributed by atoms with Crippen LogP contribution in [0, 0.1) is 0 Å². The maximum atomic E-state index is 12.2. The van der Waals surface area contributed by atoms with Crippen molar-refractivity contribution in [3.05, 3.63) is 58.9 Å². The average Bonchev–Trinajstić information content (AvgIpc) is 2.56. The monoisotopic (exact) mass is 347 g/mol. The van der Waals surface area contributed by atoms with Crippen LogP contribution in [0.25, 0.3) is 0 Å². The number of nitrogens with zero attached hydrogens (tertiary/aromatic N) is 2. The summed E-state index contributed by atoms with van der Waals surface area (Å²) in [5.74, 6) is -2.23. The van der Waals surface area contributed by atoms with Gasteiger partial charge in [-0.05, 0) is 24.3 Å². The zero-order chi connectivity index (χ0) is 17.7. The summed E-state index contributed by atoms with van der Waals surface area (Å²) >= 11 is 5.95. The van der Waals surface area contributed by atoms with Crippen molar-refractivity contribution in [1.82, 2.24) is 9.88 Å². The molecule has 0 atom stereocenters. The van der Waals surface area contributed by atoms with Crippen LogP contribution < -0.4 is 5.32 Å². The highest BCUT2D eigenvalue weighted by Gasteiger charge is 2.18. The quantitative estimate of drug-likeness (QED) is 0.863. The third kappa shape index (κ3) is 4.30. The number of likely N-dealkylation sites (N-methyl/N-ethyl adjacent to an activating group) is 1. The summed E-state index contributed by atoms with van der Waals surface area (Å²) in [5, 5.41) is 11.9. The van der Waals surface area contributed by atoms with E-state index in [-0.39, 0.29) is 17.9 Å². The van der Waals surface area contributed by atoms with Gasteiger partial charge in [0.2, 0.25) is 5.91 Å². The highest BCUT2D eigenvalue weighted by molar-refractivity contribution is 6.33. The number of carbonyl (C=O) groups excluding carboxylic acids is 2. The molecule has 0 spiro atoms. The second-order valence-corrected chi connectivity index (χ2v) is 5.31. The number of pyridine rings is 1. The molecular weight excluding hydrogens is 334 g/mol. The van der Waals surface area contributed by atoms with Gasteiger partial charge in [-0.15, -0.1) is 0 Å². The van der Waals surface area contributed by atoms with E-state index in [1.54, 1.807) is 24.3 Å². The summed E-state index contributed by atoms with van der Waals surface area (Å²) in [7, 11) is 1.42. The van der Waals surface area contributed by atoms with Crippen molar-refractivity contribution in [3.63, 3.8) is 0 Å². The van der Waals surface area contributed by atoms with Crippen molar-refractivity contribution in [3.8, 4) is 0 Å². The van der Waals surface area contributed by atoms with Gasteiger partial charge in [-0.25, -0.2) is 9.78 Å². The molecule has 7 nitrogen and oxygen atoms in total. The Morgan fingerprint density at radius 3 is 2.46 bits per heavy atom. The number of carboxylic acids is 1. The standard InChI is InChI=1S/C16H14ClN3O4/c1-20(9-14(21)19-11-6-3-2-5-10(11)17)15(22)12-7-4-8-13(18-12)16(23)24/h2-8H,9H2,1H3,(H,19,21)(H,23,24). The number of benzene rings is 1. The second kappa shape index (κ2) is 7.56. The van der Waals surface area contributed by atoms with E-state index in [1.165, 1.54) is 25.2 Å². The van der Waals surface area contributed by atoms with Gasteiger partial charge < -0.3 is 15.3 Å². The molecule has 0 bridgehead atoms. The molecule has 2 rings (SSSR count). The van der Waals surface area contributed by atoms with E-state index >= 15 is 0 Å². The Bertz CT molecular complexity index is 794. The fourth-order valence-electron chi connectivity index (χ4n) is 1.91. The summed E-state index contributed by atoms with van der Waals surface area (Å²) in [6.07, 6.45) is 0. The number of hydrogen-bond acceptors (Lipinski definition) is 4. The molecule has 0 fully saturated rings. The molecule has 0 saturated heterocycles. The van der Waals surface area contributed by atoms with Crippen LogP contribution in [0.5, 0.6) is 0 Å². The molecule has 1 heterocycles. The minimum absolute atomic E-state index is 0.0528. The van der Waals surface area contributed by atoms with Crippen LogP contribution in [0.15, 0.2) is 42.5 Å². The number of hydrogen-bond donors (Lipinski definition) is 2. The molecule has 24 heavy (non-hydrogen) atoms. The molecule has 0 aliphatic carbocycles. The van der Waals surface area contributed by atoms with Gasteiger partial charge in [0.15, 0.2) is 0 Å². The lowest BCUT2D eigenvalue weighted by Gasteiger charge is -2.16. The first kappa shape index (κ1) is 17.4. The van der Waals surface area contributed by atoms with Gasteiger partial charge in [0.1, 0.15) is 11.4 Å². The Labute approximate surface area is 142 Å². The Balaban J connectivity index is 2.03. The van der Waals surface area contributed by atoms with Gasteiger partial charge in [0.25, 0.3) is 5.91 Å². The number of halogens is 1. The van der Waals surface area contributed by atoms with Gasteiger partial charge in [-0.3, -0.25) is 9.59 Å². The lowest BCUT2D eigenvalue weighted by Crippen LogP contribution is -2.35. The smallest absolute Gasteiger partial charge is 0.354 e. The fraction of sp³-hybridized carbons (Fsp3) is 0.125. The number of anilines is 1. The normalized spacial score (nSPS) is 10.1. The van der Waals surface area contributed by atoms with Crippen molar-refractivity contribution >= 4 is 35.1 Å². The number of nitrogens with one attached hydrogen (secondary N) is 1. The van der Waals surface area contributed by atoms with Crippen LogP contribution in [-0.4, -0.2) is 46.4 Å². The lowest BCUT2D eigenvalue weighted by molar-refractivity contribution is -0.116. The number of carbonyl (C=O) groups is 3. The van der Waals surface area contributed by atoms with E-state index in [4.69, 9.17) is 16.7 Å². The Hall–Kier alpha value is -2.93. The van der Waals surface area contributed by atoms with Crippen molar-refractivity contribution in [2.45, 2.75) is 0 Å². The summed E-state index contributed by atoms with van der Waals surface area (Å²) in [4.78, 5) is 40.0. The number of para-hydroxylation sites is 1. The third-order valence-electron chi connectivity index (χ3n) is 3.06. The molecule has 8 heteroatoms.